The van der Waals surface area contributed by atoms with Gasteiger partial charge in [-0.1, -0.05) is 18.2 Å². The van der Waals surface area contributed by atoms with Crippen LogP contribution in [0, 0.1) is 5.82 Å². The summed E-state index contributed by atoms with van der Waals surface area (Å²) in [5.41, 5.74) is 0.761. The van der Waals surface area contributed by atoms with E-state index in [0.717, 1.165) is 0 Å². The van der Waals surface area contributed by atoms with Crippen LogP contribution in [0.5, 0.6) is 5.75 Å². The zero-order valence-corrected chi connectivity index (χ0v) is 17.7. The van der Waals surface area contributed by atoms with Crippen LogP contribution in [0.25, 0.3) is 5.69 Å². The number of anilines is 1. The van der Waals surface area contributed by atoms with E-state index in [1.54, 1.807) is 25.1 Å². The fourth-order valence-corrected chi connectivity index (χ4v) is 3.02. The summed E-state index contributed by atoms with van der Waals surface area (Å²) in [7, 11) is 0. The molecule has 1 amide bonds. The first-order valence-corrected chi connectivity index (χ1v) is 10.1. The Labute approximate surface area is 188 Å². The highest BCUT2D eigenvalue weighted by Gasteiger charge is 2.23. The number of benzene rings is 2. The molecule has 4 rings (SSSR count). The number of amides is 1. The average Bonchev–Trinajstić information content (AvgIpc) is 3.47. The maximum Gasteiger partial charge on any atom is 0.343 e. The minimum absolute atomic E-state index is 0.0170. The maximum atomic E-state index is 13.0. The summed E-state index contributed by atoms with van der Waals surface area (Å²) in [6.07, 6.45) is 1.34. The molecule has 4 aromatic rings. The lowest BCUT2D eigenvalue weighted by Crippen LogP contribution is -2.17. The molecule has 1 N–H and O–H groups in total. The molecule has 0 bridgehead atoms. The van der Waals surface area contributed by atoms with E-state index in [4.69, 9.17) is 13.9 Å². The van der Waals surface area contributed by atoms with Crippen molar-refractivity contribution < 1.29 is 27.9 Å². The summed E-state index contributed by atoms with van der Waals surface area (Å²) in [6, 6.07) is 17.7. The molecule has 0 radical (unpaired) electrons. The zero-order chi connectivity index (χ0) is 23.2. The molecule has 2 aromatic heterocycles. The molecule has 8 nitrogen and oxygen atoms in total. The Morgan fingerprint density at radius 3 is 2.55 bits per heavy atom. The van der Waals surface area contributed by atoms with Crippen molar-refractivity contribution in [2.45, 2.75) is 13.5 Å². The third-order valence-corrected chi connectivity index (χ3v) is 4.58. The largest absolute Gasteiger partial charge is 0.486 e. The van der Waals surface area contributed by atoms with Crippen LogP contribution in [0.4, 0.5) is 10.2 Å². The molecule has 33 heavy (non-hydrogen) atoms. The van der Waals surface area contributed by atoms with E-state index in [1.807, 2.05) is 18.2 Å². The molecule has 0 fully saturated rings. The minimum atomic E-state index is -0.609. The van der Waals surface area contributed by atoms with Gasteiger partial charge in [0.1, 0.15) is 29.5 Å². The Kier molecular flexibility index (Phi) is 6.49. The van der Waals surface area contributed by atoms with Crippen LogP contribution in [-0.2, 0) is 11.3 Å². The van der Waals surface area contributed by atoms with Crippen molar-refractivity contribution in [3.63, 3.8) is 0 Å². The third kappa shape index (κ3) is 5.09. The van der Waals surface area contributed by atoms with Gasteiger partial charge >= 0.3 is 5.97 Å². The molecular formula is C24H20FN3O5. The SMILES string of the molecule is CCOC(=O)c1cnn(-c2ccccc2)c1NC(=O)c1ccc(COc2ccc(F)cc2)o1. The summed E-state index contributed by atoms with van der Waals surface area (Å²) < 4.78 is 30.6. The second kappa shape index (κ2) is 9.82. The number of carbonyl (C=O) groups excluding carboxylic acids is 2. The summed E-state index contributed by atoms with van der Waals surface area (Å²) in [4.78, 5) is 25.3. The topological polar surface area (TPSA) is 95.6 Å². The second-order valence-corrected chi connectivity index (χ2v) is 6.84. The Morgan fingerprint density at radius 2 is 1.82 bits per heavy atom. The lowest BCUT2D eigenvalue weighted by Gasteiger charge is -2.10. The number of hydrogen-bond acceptors (Lipinski definition) is 6. The third-order valence-electron chi connectivity index (χ3n) is 4.58. The van der Waals surface area contributed by atoms with Crippen LogP contribution < -0.4 is 10.1 Å². The fraction of sp³-hybridized carbons (Fsp3) is 0.125. The molecule has 0 saturated heterocycles. The molecule has 0 aliphatic rings. The standard InChI is InChI=1S/C24H20FN3O5/c1-2-31-24(30)20-14-26-28(17-6-4-3-5-7-17)22(20)27-23(29)21-13-12-19(33-21)15-32-18-10-8-16(25)9-11-18/h3-14H,2,15H2,1H3,(H,27,29). The number of aromatic nitrogens is 2. The number of esters is 1. The van der Waals surface area contributed by atoms with Gasteiger partial charge in [-0.25, -0.2) is 13.9 Å². The number of rotatable bonds is 8. The van der Waals surface area contributed by atoms with Gasteiger partial charge in [0, 0.05) is 0 Å². The number of furan rings is 1. The molecule has 0 aliphatic carbocycles. The number of halogens is 1. The van der Waals surface area contributed by atoms with Gasteiger partial charge in [-0.15, -0.1) is 0 Å². The normalized spacial score (nSPS) is 10.6. The molecular weight excluding hydrogens is 429 g/mol. The first-order valence-electron chi connectivity index (χ1n) is 10.1. The van der Waals surface area contributed by atoms with Gasteiger partial charge in [0.05, 0.1) is 18.5 Å². The molecule has 0 atom stereocenters. The smallest absolute Gasteiger partial charge is 0.343 e. The Balaban J connectivity index is 1.52. The van der Waals surface area contributed by atoms with Gasteiger partial charge in [-0.05, 0) is 55.5 Å². The molecule has 0 spiro atoms. The van der Waals surface area contributed by atoms with Gasteiger partial charge < -0.3 is 19.2 Å². The van der Waals surface area contributed by atoms with Crippen LogP contribution in [0.15, 0.2) is 77.3 Å². The molecule has 168 valence electrons. The van der Waals surface area contributed by atoms with Crippen molar-refractivity contribution in [2.24, 2.45) is 0 Å². The van der Waals surface area contributed by atoms with E-state index < -0.39 is 11.9 Å². The second-order valence-electron chi connectivity index (χ2n) is 6.84. The highest BCUT2D eigenvalue weighted by atomic mass is 19.1. The van der Waals surface area contributed by atoms with Gasteiger partial charge in [-0.2, -0.15) is 5.10 Å². The van der Waals surface area contributed by atoms with Crippen molar-refractivity contribution >= 4 is 17.7 Å². The Hall–Kier alpha value is -4.40. The van der Waals surface area contributed by atoms with Crippen LogP contribution in [0.2, 0.25) is 0 Å². The summed E-state index contributed by atoms with van der Waals surface area (Å²) in [5.74, 6) is -0.518. The fourth-order valence-electron chi connectivity index (χ4n) is 3.02. The van der Waals surface area contributed by atoms with Crippen LogP contribution >= 0.6 is 0 Å². The van der Waals surface area contributed by atoms with E-state index in [2.05, 4.69) is 10.4 Å². The lowest BCUT2D eigenvalue weighted by atomic mass is 10.3. The van der Waals surface area contributed by atoms with E-state index in [1.165, 1.54) is 41.2 Å². The maximum absolute atomic E-state index is 13.0. The molecule has 9 heteroatoms. The van der Waals surface area contributed by atoms with E-state index in [0.29, 0.717) is 17.2 Å². The Morgan fingerprint density at radius 1 is 1.06 bits per heavy atom. The molecule has 0 aliphatic heterocycles. The molecule has 0 unspecified atom stereocenters. The summed E-state index contributed by atoms with van der Waals surface area (Å²) >= 11 is 0. The minimum Gasteiger partial charge on any atom is -0.486 e. The quantitative estimate of drug-likeness (QED) is 0.395. The zero-order valence-electron chi connectivity index (χ0n) is 17.7. The van der Waals surface area contributed by atoms with Crippen molar-refractivity contribution in [2.75, 3.05) is 11.9 Å². The molecule has 2 aromatic carbocycles. The highest BCUT2D eigenvalue weighted by molar-refractivity contribution is 6.06. The number of nitrogens with zero attached hydrogens (tertiary/aromatic N) is 2. The van der Waals surface area contributed by atoms with Gasteiger partial charge in [0.15, 0.2) is 11.6 Å². The number of nitrogens with one attached hydrogen (secondary N) is 1. The van der Waals surface area contributed by atoms with Gasteiger partial charge in [-0.3, -0.25) is 4.79 Å². The summed E-state index contributed by atoms with van der Waals surface area (Å²) in [5, 5.41) is 6.93. The van der Waals surface area contributed by atoms with Crippen molar-refractivity contribution in [1.82, 2.24) is 9.78 Å². The van der Waals surface area contributed by atoms with Crippen molar-refractivity contribution in [1.29, 1.82) is 0 Å². The number of para-hydroxylation sites is 1. The number of ether oxygens (including phenoxy) is 2. The van der Waals surface area contributed by atoms with E-state index in [9.17, 15) is 14.0 Å². The van der Waals surface area contributed by atoms with Gasteiger partial charge in [0.25, 0.3) is 5.91 Å². The predicted molar refractivity (Wildman–Crippen MR) is 117 cm³/mol. The number of carbonyl (C=O) groups is 2. The van der Waals surface area contributed by atoms with E-state index in [-0.39, 0.29) is 36.2 Å². The van der Waals surface area contributed by atoms with Crippen LogP contribution in [0.1, 0.15) is 33.6 Å². The number of hydrogen-bond donors (Lipinski definition) is 1. The highest BCUT2D eigenvalue weighted by Crippen LogP contribution is 2.23. The van der Waals surface area contributed by atoms with Gasteiger partial charge in [0.2, 0.25) is 0 Å². The molecule has 0 saturated carbocycles. The first kappa shape index (κ1) is 21.8. The average molecular weight is 449 g/mol. The lowest BCUT2D eigenvalue weighted by molar-refractivity contribution is 0.0527. The first-order chi connectivity index (χ1) is 16.0. The van der Waals surface area contributed by atoms with E-state index >= 15 is 0 Å². The summed E-state index contributed by atoms with van der Waals surface area (Å²) in [6.45, 7) is 1.92. The molecule has 2 heterocycles. The van der Waals surface area contributed by atoms with Crippen molar-refractivity contribution in [3.8, 4) is 11.4 Å². The van der Waals surface area contributed by atoms with Crippen molar-refractivity contribution in [3.05, 3.63) is 95.8 Å². The predicted octanol–water partition coefficient (Wildman–Crippen LogP) is 4.61. The monoisotopic (exact) mass is 449 g/mol. The Bertz CT molecular complexity index is 1250. The van der Waals surface area contributed by atoms with Crippen LogP contribution in [0.3, 0.4) is 0 Å². The van der Waals surface area contributed by atoms with Crippen LogP contribution in [-0.4, -0.2) is 28.3 Å².